The van der Waals surface area contributed by atoms with Crippen molar-refractivity contribution < 1.29 is 28.6 Å². The number of para-hydroxylation sites is 1. The van der Waals surface area contributed by atoms with Crippen molar-refractivity contribution >= 4 is 23.5 Å². The number of hydrogen-bond acceptors (Lipinski definition) is 6. The highest BCUT2D eigenvalue weighted by Crippen LogP contribution is 2.28. The minimum absolute atomic E-state index is 0.310. The third kappa shape index (κ3) is 6.80. The number of hydrogen-bond donors (Lipinski definition) is 2. The largest absolute Gasteiger partial charge is 0.490 e. The second-order valence-corrected chi connectivity index (χ2v) is 6.20. The molecular weight excluding hydrogens is 388 g/mol. The fraction of sp³-hybridized carbons (Fsp3) is 0.318. The summed E-state index contributed by atoms with van der Waals surface area (Å²) in [5.74, 6) is -0.685. The quantitative estimate of drug-likeness (QED) is 0.580. The van der Waals surface area contributed by atoms with Crippen LogP contribution in [0.15, 0.2) is 48.5 Å². The zero-order valence-corrected chi connectivity index (χ0v) is 17.3. The highest BCUT2D eigenvalue weighted by atomic mass is 16.5. The maximum Gasteiger partial charge on any atom is 0.326 e. The van der Waals surface area contributed by atoms with Gasteiger partial charge in [-0.15, -0.1) is 0 Å². The predicted octanol–water partition coefficient (Wildman–Crippen LogP) is 2.78. The van der Waals surface area contributed by atoms with Crippen molar-refractivity contribution in [3.8, 4) is 11.5 Å². The van der Waals surface area contributed by atoms with Crippen LogP contribution in [0.1, 0.15) is 31.1 Å². The Kier molecular flexibility index (Phi) is 8.68. The van der Waals surface area contributed by atoms with Gasteiger partial charge >= 0.3 is 5.97 Å². The first-order valence-electron chi connectivity index (χ1n) is 9.67. The summed E-state index contributed by atoms with van der Waals surface area (Å²) < 4.78 is 16.0. The molecule has 2 aromatic carbocycles. The summed E-state index contributed by atoms with van der Waals surface area (Å²) in [7, 11) is 0. The van der Waals surface area contributed by atoms with Crippen LogP contribution in [0.25, 0.3) is 0 Å². The molecule has 2 aromatic rings. The molecule has 0 aliphatic heterocycles. The van der Waals surface area contributed by atoms with E-state index in [4.69, 9.17) is 14.2 Å². The van der Waals surface area contributed by atoms with Crippen LogP contribution in [-0.4, -0.2) is 43.6 Å². The summed E-state index contributed by atoms with van der Waals surface area (Å²) in [5, 5.41) is 5.11. The van der Waals surface area contributed by atoms with Gasteiger partial charge in [0.2, 0.25) is 0 Å². The summed E-state index contributed by atoms with van der Waals surface area (Å²) in [6.45, 7) is 5.64. The molecule has 0 spiro atoms. The Morgan fingerprint density at radius 1 is 0.933 bits per heavy atom. The van der Waals surface area contributed by atoms with Gasteiger partial charge in [-0.3, -0.25) is 14.4 Å². The molecule has 0 saturated heterocycles. The van der Waals surface area contributed by atoms with Gasteiger partial charge in [-0.2, -0.15) is 0 Å². The smallest absolute Gasteiger partial charge is 0.326 e. The second-order valence-electron chi connectivity index (χ2n) is 6.20. The van der Waals surface area contributed by atoms with Gasteiger partial charge in [0.05, 0.1) is 13.2 Å². The average molecular weight is 414 g/mol. The summed E-state index contributed by atoms with van der Waals surface area (Å²) in [6, 6.07) is 13.6. The van der Waals surface area contributed by atoms with Crippen molar-refractivity contribution in [2.24, 2.45) is 0 Å². The monoisotopic (exact) mass is 414 g/mol. The number of anilines is 1. The van der Waals surface area contributed by atoms with E-state index in [-0.39, 0.29) is 6.54 Å². The number of amides is 2. The minimum Gasteiger partial charge on any atom is -0.490 e. The topological polar surface area (TPSA) is 103 Å². The van der Waals surface area contributed by atoms with E-state index in [0.717, 1.165) is 0 Å². The lowest BCUT2D eigenvalue weighted by atomic mass is 10.2. The van der Waals surface area contributed by atoms with Gasteiger partial charge in [0.15, 0.2) is 17.6 Å². The third-order valence-electron chi connectivity index (χ3n) is 3.92. The number of carbonyl (C=O) groups is 3. The van der Waals surface area contributed by atoms with Gasteiger partial charge in [0.25, 0.3) is 11.8 Å². The summed E-state index contributed by atoms with van der Waals surface area (Å²) >= 11 is 0. The molecule has 0 radical (unpaired) electrons. The van der Waals surface area contributed by atoms with Crippen molar-refractivity contribution in [2.75, 3.05) is 25.1 Å². The van der Waals surface area contributed by atoms with Gasteiger partial charge in [-0.1, -0.05) is 18.2 Å². The summed E-state index contributed by atoms with van der Waals surface area (Å²) in [5.41, 5.74) is 0.906. The molecule has 0 saturated carbocycles. The van der Waals surface area contributed by atoms with Crippen LogP contribution in [0.4, 0.5) is 5.69 Å². The number of rotatable bonds is 10. The number of benzene rings is 2. The van der Waals surface area contributed by atoms with Crippen LogP contribution in [0.3, 0.4) is 0 Å². The zero-order valence-electron chi connectivity index (χ0n) is 17.3. The van der Waals surface area contributed by atoms with E-state index in [0.29, 0.717) is 36.0 Å². The van der Waals surface area contributed by atoms with Gasteiger partial charge < -0.3 is 24.8 Å². The molecule has 160 valence electrons. The molecular formula is C22H26N2O6. The predicted molar refractivity (Wildman–Crippen MR) is 112 cm³/mol. The highest BCUT2D eigenvalue weighted by molar-refractivity contribution is 5.97. The van der Waals surface area contributed by atoms with Crippen LogP contribution >= 0.6 is 0 Å². The standard InChI is InChI=1S/C22H26N2O6/c1-4-28-18-12-11-16(13-19(18)29-5-2)22(27)23-14-20(25)30-15(3)21(26)24-17-9-7-6-8-10-17/h6-13,15H,4-5,14H2,1-3H3,(H,23,27)(H,24,26). The first-order chi connectivity index (χ1) is 14.4. The van der Waals surface area contributed by atoms with Crippen LogP contribution < -0.4 is 20.1 Å². The highest BCUT2D eigenvalue weighted by Gasteiger charge is 2.19. The first-order valence-corrected chi connectivity index (χ1v) is 9.67. The Balaban J connectivity index is 1.87. The normalized spacial score (nSPS) is 11.2. The Labute approximate surface area is 175 Å². The molecule has 0 fully saturated rings. The number of carbonyl (C=O) groups excluding carboxylic acids is 3. The van der Waals surface area contributed by atoms with Gasteiger partial charge in [-0.05, 0) is 51.1 Å². The lowest BCUT2D eigenvalue weighted by Crippen LogP contribution is -2.35. The van der Waals surface area contributed by atoms with Gasteiger partial charge in [-0.25, -0.2) is 0 Å². The fourth-order valence-corrected chi connectivity index (χ4v) is 2.50. The summed E-state index contributed by atoms with van der Waals surface area (Å²) in [6.07, 6.45) is -1.01. The molecule has 0 bridgehead atoms. The molecule has 1 atom stereocenters. The number of esters is 1. The molecule has 0 aliphatic rings. The lowest BCUT2D eigenvalue weighted by molar-refractivity contribution is -0.152. The first kappa shape index (κ1) is 22.7. The van der Waals surface area contributed by atoms with Crippen molar-refractivity contribution in [1.82, 2.24) is 5.32 Å². The number of ether oxygens (including phenoxy) is 3. The molecule has 8 heteroatoms. The molecule has 2 rings (SSSR count). The SMILES string of the molecule is CCOc1ccc(C(=O)NCC(=O)OC(C)C(=O)Nc2ccccc2)cc1OCC. The molecule has 2 N–H and O–H groups in total. The van der Waals surface area contributed by atoms with E-state index < -0.39 is 23.9 Å². The molecule has 8 nitrogen and oxygen atoms in total. The maximum atomic E-state index is 12.3. The van der Waals surface area contributed by atoms with Crippen LogP contribution in [0, 0.1) is 0 Å². The van der Waals surface area contributed by atoms with E-state index >= 15 is 0 Å². The fourth-order valence-electron chi connectivity index (χ4n) is 2.50. The Hall–Kier alpha value is -3.55. The Morgan fingerprint density at radius 2 is 1.60 bits per heavy atom. The maximum absolute atomic E-state index is 12.3. The molecule has 2 amide bonds. The van der Waals surface area contributed by atoms with Crippen molar-refractivity contribution in [2.45, 2.75) is 26.9 Å². The van der Waals surface area contributed by atoms with E-state index in [1.54, 1.807) is 42.5 Å². The van der Waals surface area contributed by atoms with Crippen LogP contribution in [-0.2, 0) is 14.3 Å². The van der Waals surface area contributed by atoms with Crippen LogP contribution in [0.5, 0.6) is 11.5 Å². The van der Waals surface area contributed by atoms with E-state index in [9.17, 15) is 14.4 Å². The van der Waals surface area contributed by atoms with Crippen molar-refractivity contribution in [3.63, 3.8) is 0 Å². The minimum atomic E-state index is -1.01. The van der Waals surface area contributed by atoms with E-state index in [2.05, 4.69) is 10.6 Å². The van der Waals surface area contributed by atoms with E-state index in [1.807, 2.05) is 19.9 Å². The molecule has 30 heavy (non-hydrogen) atoms. The van der Waals surface area contributed by atoms with Gasteiger partial charge in [0, 0.05) is 11.3 Å². The number of nitrogens with one attached hydrogen (secondary N) is 2. The molecule has 0 aliphatic carbocycles. The Morgan fingerprint density at radius 3 is 2.27 bits per heavy atom. The second kappa shape index (κ2) is 11.5. The van der Waals surface area contributed by atoms with Crippen LogP contribution in [0.2, 0.25) is 0 Å². The van der Waals surface area contributed by atoms with E-state index in [1.165, 1.54) is 6.92 Å². The van der Waals surface area contributed by atoms with Crippen molar-refractivity contribution in [3.05, 3.63) is 54.1 Å². The zero-order chi connectivity index (χ0) is 21.9. The average Bonchev–Trinajstić information content (AvgIpc) is 2.74. The summed E-state index contributed by atoms with van der Waals surface area (Å²) in [4.78, 5) is 36.4. The van der Waals surface area contributed by atoms with Crippen molar-refractivity contribution in [1.29, 1.82) is 0 Å². The molecule has 0 aromatic heterocycles. The Bertz CT molecular complexity index is 869. The third-order valence-corrected chi connectivity index (χ3v) is 3.92. The lowest BCUT2D eigenvalue weighted by Gasteiger charge is -2.14. The van der Waals surface area contributed by atoms with Gasteiger partial charge in [0.1, 0.15) is 6.54 Å². The molecule has 1 unspecified atom stereocenters. The molecule has 0 heterocycles.